The van der Waals surface area contributed by atoms with Gasteiger partial charge in [-0.05, 0) is 66.3 Å². The fourth-order valence-electron chi connectivity index (χ4n) is 2.55. The minimum atomic E-state index is -0.492. The van der Waals surface area contributed by atoms with Gasteiger partial charge < -0.3 is 15.2 Å². The lowest BCUT2D eigenvalue weighted by molar-refractivity contribution is 0.0941. The lowest BCUT2D eigenvalue weighted by Gasteiger charge is -2.13. The van der Waals surface area contributed by atoms with Crippen molar-refractivity contribution in [1.82, 2.24) is 10.9 Å². The van der Waals surface area contributed by atoms with Crippen LogP contribution in [0.5, 0.6) is 11.5 Å². The molecular formula is C20H19N3O3S. The Morgan fingerprint density at radius 1 is 1.04 bits per heavy atom. The molecule has 138 valence electrons. The van der Waals surface area contributed by atoms with Crippen molar-refractivity contribution in [3.05, 3.63) is 66.2 Å². The highest BCUT2D eigenvalue weighted by atomic mass is 32.1. The van der Waals surface area contributed by atoms with Crippen LogP contribution < -0.4 is 20.9 Å². The summed E-state index contributed by atoms with van der Waals surface area (Å²) in [6, 6.07) is 17.9. The van der Waals surface area contributed by atoms with E-state index in [1.165, 1.54) is 0 Å². The highest BCUT2D eigenvalue weighted by molar-refractivity contribution is 7.80. The van der Waals surface area contributed by atoms with Crippen LogP contribution in [0.15, 0.2) is 60.7 Å². The fraction of sp³-hybridized carbons (Fsp3) is 0.100. The second kappa shape index (κ2) is 8.37. The second-order valence-corrected chi connectivity index (χ2v) is 6.12. The third-order valence-corrected chi connectivity index (χ3v) is 4.03. The molecule has 3 aromatic rings. The van der Waals surface area contributed by atoms with Crippen molar-refractivity contribution in [2.45, 2.75) is 6.92 Å². The number of carbonyl (C=O) groups is 1. The van der Waals surface area contributed by atoms with Gasteiger partial charge in [-0.25, -0.2) is 0 Å². The normalized spacial score (nSPS) is 10.3. The average Bonchev–Trinajstić information content (AvgIpc) is 2.67. The van der Waals surface area contributed by atoms with Crippen molar-refractivity contribution in [2.24, 2.45) is 0 Å². The molecule has 0 bridgehead atoms. The molecule has 0 unspecified atom stereocenters. The highest BCUT2D eigenvalue weighted by Gasteiger charge is 2.12. The maximum absolute atomic E-state index is 12.3. The molecule has 0 spiro atoms. The van der Waals surface area contributed by atoms with E-state index < -0.39 is 5.91 Å². The van der Waals surface area contributed by atoms with Gasteiger partial charge in [0.25, 0.3) is 5.91 Å². The summed E-state index contributed by atoms with van der Waals surface area (Å²) in [4.78, 5) is 12.3. The number of aromatic hydroxyl groups is 1. The van der Waals surface area contributed by atoms with Gasteiger partial charge in [-0.3, -0.25) is 15.6 Å². The Bertz CT molecular complexity index is 974. The predicted molar refractivity (Wildman–Crippen MR) is 110 cm³/mol. The van der Waals surface area contributed by atoms with Crippen LogP contribution in [0, 0.1) is 0 Å². The minimum Gasteiger partial charge on any atom is -0.507 e. The first-order valence-corrected chi connectivity index (χ1v) is 8.79. The van der Waals surface area contributed by atoms with Crippen LogP contribution in [-0.2, 0) is 0 Å². The molecule has 0 fully saturated rings. The Morgan fingerprint density at radius 3 is 2.37 bits per heavy atom. The van der Waals surface area contributed by atoms with Gasteiger partial charge in [0.15, 0.2) is 5.11 Å². The Kier molecular flexibility index (Phi) is 5.73. The zero-order valence-electron chi connectivity index (χ0n) is 14.7. The number of hydrogen-bond donors (Lipinski definition) is 4. The van der Waals surface area contributed by atoms with Crippen LogP contribution in [0.25, 0.3) is 10.8 Å². The van der Waals surface area contributed by atoms with Gasteiger partial charge in [0.1, 0.15) is 11.5 Å². The van der Waals surface area contributed by atoms with E-state index in [0.29, 0.717) is 6.61 Å². The third kappa shape index (κ3) is 4.65. The van der Waals surface area contributed by atoms with Gasteiger partial charge in [0, 0.05) is 5.69 Å². The molecule has 0 aliphatic rings. The molecule has 0 aliphatic heterocycles. The Morgan fingerprint density at radius 2 is 1.70 bits per heavy atom. The summed E-state index contributed by atoms with van der Waals surface area (Å²) >= 11 is 5.17. The van der Waals surface area contributed by atoms with Crippen molar-refractivity contribution in [1.29, 1.82) is 0 Å². The molecule has 3 rings (SSSR count). The van der Waals surface area contributed by atoms with Gasteiger partial charge in [0.05, 0.1) is 12.2 Å². The molecule has 1 amide bonds. The molecule has 6 nitrogen and oxygen atoms in total. The molecule has 3 aromatic carbocycles. The van der Waals surface area contributed by atoms with Crippen molar-refractivity contribution in [3.8, 4) is 11.5 Å². The Balaban J connectivity index is 1.60. The molecule has 0 aromatic heterocycles. The zero-order chi connectivity index (χ0) is 19.2. The van der Waals surface area contributed by atoms with Crippen molar-refractivity contribution >= 4 is 39.7 Å². The van der Waals surface area contributed by atoms with Crippen LogP contribution in [0.4, 0.5) is 5.69 Å². The molecule has 4 N–H and O–H groups in total. The number of nitrogens with one attached hydrogen (secondary N) is 3. The first-order valence-electron chi connectivity index (χ1n) is 8.39. The molecule has 0 saturated heterocycles. The molecule has 0 aliphatic carbocycles. The van der Waals surface area contributed by atoms with E-state index in [4.69, 9.17) is 17.0 Å². The lowest BCUT2D eigenvalue weighted by Crippen LogP contribution is -2.43. The standard InChI is InChI=1S/C20H19N3O3S/c1-2-26-16-9-7-15(8-10-16)21-20(27)23-22-19(25)17-11-13-5-3-4-6-14(13)12-18(17)24/h3-12,24H,2H2,1H3,(H,22,25)(H2,21,23,27). The number of ether oxygens (including phenoxy) is 1. The molecule has 0 radical (unpaired) electrons. The second-order valence-electron chi connectivity index (χ2n) is 5.71. The van der Waals surface area contributed by atoms with Gasteiger partial charge in [0.2, 0.25) is 0 Å². The zero-order valence-corrected chi connectivity index (χ0v) is 15.5. The summed E-state index contributed by atoms with van der Waals surface area (Å²) in [5.74, 6) is 0.175. The van der Waals surface area contributed by atoms with E-state index in [1.54, 1.807) is 12.1 Å². The third-order valence-electron chi connectivity index (χ3n) is 3.82. The SMILES string of the molecule is CCOc1ccc(NC(=S)NNC(=O)c2cc3ccccc3cc2O)cc1. The van der Waals surface area contributed by atoms with Crippen LogP contribution >= 0.6 is 12.2 Å². The van der Waals surface area contributed by atoms with E-state index in [-0.39, 0.29) is 16.4 Å². The first kappa shape index (κ1) is 18.5. The summed E-state index contributed by atoms with van der Waals surface area (Å²) in [5, 5.41) is 15.0. The number of rotatable bonds is 4. The van der Waals surface area contributed by atoms with Gasteiger partial charge in [-0.15, -0.1) is 0 Å². The Labute approximate surface area is 162 Å². The number of carbonyl (C=O) groups excluding carboxylic acids is 1. The summed E-state index contributed by atoms with van der Waals surface area (Å²) in [5.41, 5.74) is 6.01. The largest absolute Gasteiger partial charge is 0.507 e. The number of hydrazine groups is 1. The number of anilines is 1. The summed E-state index contributed by atoms with van der Waals surface area (Å²) in [6.45, 7) is 2.52. The smallest absolute Gasteiger partial charge is 0.273 e. The van der Waals surface area contributed by atoms with Crippen LogP contribution in [0.3, 0.4) is 0 Å². The number of phenols is 1. The van der Waals surface area contributed by atoms with Crippen molar-refractivity contribution in [2.75, 3.05) is 11.9 Å². The quantitative estimate of drug-likeness (QED) is 0.409. The van der Waals surface area contributed by atoms with E-state index in [1.807, 2.05) is 55.5 Å². The van der Waals surface area contributed by atoms with Gasteiger partial charge in [-0.1, -0.05) is 24.3 Å². The molecule has 0 heterocycles. The van der Waals surface area contributed by atoms with E-state index in [0.717, 1.165) is 22.2 Å². The predicted octanol–water partition coefficient (Wildman–Crippen LogP) is 3.58. The van der Waals surface area contributed by atoms with E-state index >= 15 is 0 Å². The highest BCUT2D eigenvalue weighted by Crippen LogP contribution is 2.24. The first-order chi connectivity index (χ1) is 13.1. The molecule has 0 atom stereocenters. The monoisotopic (exact) mass is 381 g/mol. The Hall–Kier alpha value is -3.32. The van der Waals surface area contributed by atoms with Crippen molar-refractivity contribution < 1.29 is 14.6 Å². The number of fused-ring (bicyclic) bond motifs is 1. The topological polar surface area (TPSA) is 82.6 Å². The summed E-state index contributed by atoms with van der Waals surface area (Å²) in [7, 11) is 0. The minimum absolute atomic E-state index is 0.0987. The molecule has 0 saturated carbocycles. The van der Waals surface area contributed by atoms with Crippen molar-refractivity contribution in [3.63, 3.8) is 0 Å². The molecular weight excluding hydrogens is 362 g/mol. The lowest BCUT2D eigenvalue weighted by atomic mass is 10.1. The van der Waals surface area contributed by atoms with Crippen LogP contribution in [0.2, 0.25) is 0 Å². The number of phenolic OH excluding ortho intramolecular Hbond substituents is 1. The maximum Gasteiger partial charge on any atom is 0.273 e. The van der Waals surface area contributed by atoms with E-state index in [9.17, 15) is 9.90 Å². The average molecular weight is 381 g/mol. The summed E-state index contributed by atoms with van der Waals surface area (Å²) < 4.78 is 5.38. The van der Waals surface area contributed by atoms with E-state index in [2.05, 4.69) is 16.2 Å². The van der Waals surface area contributed by atoms with Crippen LogP contribution in [0.1, 0.15) is 17.3 Å². The number of amides is 1. The molecule has 27 heavy (non-hydrogen) atoms. The fourth-order valence-corrected chi connectivity index (χ4v) is 2.72. The molecule has 7 heteroatoms. The van der Waals surface area contributed by atoms with Crippen LogP contribution in [-0.4, -0.2) is 22.7 Å². The number of hydrogen-bond acceptors (Lipinski definition) is 4. The number of benzene rings is 3. The number of thiocarbonyl (C=S) groups is 1. The maximum atomic E-state index is 12.3. The van der Waals surface area contributed by atoms with Gasteiger partial charge >= 0.3 is 0 Å². The summed E-state index contributed by atoms with van der Waals surface area (Å²) in [6.07, 6.45) is 0. The van der Waals surface area contributed by atoms with Gasteiger partial charge in [-0.2, -0.15) is 0 Å².